The third-order valence-corrected chi connectivity index (χ3v) is 3.63. The van der Waals surface area contributed by atoms with Crippen LogP contribution in [0.5, 0.6) is 0 Å². The van der Waals surface area contributed by atoms with E-state index in [1.54, 1.807) is 11.0 Å². The van der Waals surface area contributed by atoms with Gasteiger partial charge in [-0.15, -0.1) is 12.4 Å². The quantitative estimate of drug-likeness (QED) is 0.678. The molecule has 1 aliphatic heterocycles. The minimum absolute atomic E-state index is 0. The number of carbonyl (C=O) groups is 1. The summed E-state index contributed by atoms with van der Waals surface area (Å²) in [5.74, 6) is 0.00412. The Kier molecular flexibility index (Phi) is 6.87. The van der Waals surface area contributed by atoms with Crippen molar-refractivity contribution >= 4 is 35.6 Å². The second kappa shape index (κ2) is 8.17. The second-order valence-corrected chi connectivity index (χ2v) is 5.10. The number of nitro benzene ring substituents is 1. The van der Waals surface area contributed by atoms with Crippen LogP contribution in [-0.2, 0) is 11.2 Å². The van der Waals surface area contributed by atoms with Crippen LogP contribution < -0.4 is 5.32 Å². The van der Waals surface area contributed by atoms with Gasteiger partial charge in [0.2, 0.25) is 5.91 Å². The normalized spacial score (nSPS) is 15.0. The molecule has 0 unspecified atom stereocenters. The fraction of sp³-hybridized carbons (Fsp3) is 0.462. The molecule has 1 heterocycles. The first-order valence-electron chi connectivity index (χ1n) is 6.49. The van der Waals surface area contributed by atoms with Crippen molar-refractivity contribution in [2.45, 2.75) is 12.8 Å². The van der Waals surface area contributed by atoms with Gasteiger partial charge >= 0.3 is 0 Å². The molecule has 0 aliphatic carbocycles. The van der Waals surface area contributed by atoms with E-state index in [0.29, 0.717) is 12.1 Å². The number of non-ortho nitro benzene ring substituents is 1. The van der Waals surface area contributed by atoms with E-state index in [0.717, 1.165) is 26.1 Å². The standard InChI is InChI=1S/C13H16ClN3O3.ClH/c14-12-9-11(17(19)20)3-2-10(12)8-13(18)16-6-1-4-15-5-7-16;/h2-3,9,15H,1,4-8H2;1H. The van der Waals surface area contributed by atoms with Crippen LogP contribution in [0.1, 0.15) is 12.0 Å². The van der Waals surface area contributed by atoms with Crippen molar-refractivity contribution in [1.82, 2.24) is 10.2 Å². The summed E-state index contributed by atoms with van der Waals surface area (Å²) in [5.41, 5.74) is 0.560. The van der Waals surface area contributed by atoms with Crippen LogP contribution in [-0.4, -0.2) is 41.9 Å². The maximum atomic E-state index is 12.2. The molecule has 8 heteroatoms. The number of halogens is 2. The van der Waals surface area contributed by atoms with E-state index in [1.807, 2.05) is 0 Å². The Labute approximate surface area is 134 Å². The smallest absolute Gasteiger partial charge is 0.270 e. The highest BCUT2D eigenvalue weighted by Crippen LogP contribution is 2.23. The Bertz CT molecular complexity index is 517. The van der Waals surface area contributed by atoms with Crippen molar-refractivity contribution in [2.24, 2.45) is 0 Å². The summed E-state index contributed by atoms with van der Waals surface area (Å²) in [6.07, 6.45) is 1.11. The lowest BCUT2D eigenvalue weighted by atomic mass is 10.1. The van der Waals surface area contributed by atoms with Gasteiger partial charge in [-0.1, -0.05) is 17.7 Å². The second-order valence-electron chi connectivity index (χ2n) is 4.69. The summed E-state index contributed by atoms with van der Waals surface area (Å²) in [4.78, 5) is 24.1. The molecule has 21 heavy (non-hydrogen) atoms. The van der Waals surface area contributed by atoms with E-state index < -0.39 is 4.92 Å². The van der Waals surface area contributed by atoms with Gasteiger partial charge in [0.1, 0.15) is 0 Å². The van der Waals surface area contributed by atoms with Gasteiger partial charge in [0.05, 0.1) is 16.4 Å². The van der Waals surface area contributed by atoms with Crippen molar-refractivity contribution in [3.05, 3.63) is 38.9 Å². The van der Waals surface area contributed by atoms with E-state index >= 15 is 0 Å². The van der Waals surface area contributed by atoms with Crippen molar-refractivity contribution < 1.29 is 9.72 Å². The van der Waals surface area contributed by atoms with Crippen LogP contribution in [0, 0.1) is 10.1 Å². The Morgan fingerprint density at radius 2 is 2.14 bits per heavy atom. The van der Waals surface area contributed by atoms with Crippen LogP contribution >= 0.6 is 24.0 Å². The van der Waals surface area contributed by atoms with Crippen molar-refractivity contribution in [3.63, 3.8) is 0 Å². The van der Waals surface area contributed by atoms with Crippen molar-refractivity contribution in [2.75, 3.05) is 26.2 Å². The van der Waals surface area contributed by atoms with E-state index in [2.05, 4.69) is 5.32 Å². The van der Waals surface area contributed by atoms with Gasteiger partial charge < -0.3 is 10.2 Å². The van der Waals surface area contributed by atoms with E-state index in [-0.39, 0.29) is 35.4 Å². The summed E-state index contributed by atoms with van der Waals surface area (Å²) < 4.78 is 0. The Balaban J connectivity index is 0.00000220. The molecule has 2 rings (SSSR count). The van der Waals surface area contributed by atoms with Crippen LogP contribution in [0.4, 0.5) is 5.69 Å². The average molecular weight is 334 g/mol. The predicted molar refractivity (Wildman–Crippen MR) is 83.1 cm³/mol. The lowest BCUT2D eigenvalue weighted by molar-refractivity contribution is -0.384. The van der Waals surface area contributed by atoms with Gasteiger partial charge in [-0.25, -0.2) is 0 Å². The molecule has 116 valence electrons. The molecule has 1 saturated heterocycles. The summed E-state index contributed by atoms with van der Waals surface area (Å²) in [6, 6.07) is 4.21. The highest BCUT2D eigenvalue weighted by atomic mass is 35.5. The molecular formula is C13H17Cl2N3O3. The first kappa shape index (κ1) is 17.7. The molecule has 1 aliphatic rings. The van der Waals surface area contributed by atoms with Crippen molar-refractivity contribution in [3.8, 4) is 0 Å². The number of benzene rings is 1. The van der Waals surface area contributed by atoms with Crippen LogP contribution in [0.25, 0.3) is 0 Å². The molecule has 1 aromatic rings. The number of nitro groups is 1. The highest BCUT2D eigenvalue weighted by molar-refractivity contribution is 6.31. The number of carbonyl (C=O) groups excluding carboxylic acids is 1. The summed E-state index contributed by atoms with van der Waals surface area (Å²) >= 11 is 6.00. The summed E-state index contributed by atoms with van der Waals surface area (Å²) in [7, 11) is 0. The SMILES string of the molecule is Cl.O=C(Cc1ccc([N+](=O)[O-])cc1Cl)N1CCCNCC1. The number of hydrogen-bond donors (Lipinski definition) is 1. The van der Waals surface area contributed by atoms with Crippen molar-refractivity contribution in [1.29, 1.82) is 0 Å². The number of hydrogen-bond acceptors (Lipinski definition) is 4. The number of amides is 1. The minimum Gasteiger partial charge on any atom is -0.341 e. The molecule has 0 atom stereocenters. The first-order valence-corrected chi connectivity index (χ1v) is 6.87. The fourth-order valence-corrected chi connectivity index (χ4v) is 2.40. The molecule has 1 aromatic carbocycles. The fourth-order valence-electron chi connectivity index (χ4n) is 2.16. The molecule has 1 N–H and O–H groups in total. The Hall–Kier alpha value is -1.37. The lowest BCUT2D eigenvalue weighted by Crippen LogP contribution is -2.35. The topological polar surface area (TPSA) is 75.5 Å². The molecule has 0 aromatic heterocycles. The summed E-state index contributed by atoms with van der Waals surface area (Å²) in [6.45, 7) is 3.13. The van der Waals surface area contributed by atoms with Gasteiger partial charge in [0, 0.05) is 31.8 Å². The molecule has 6 nitrogen and oxygen atoms in total. The minimum atomic E-state index is -0.502. The zero-order valence-corrected chi connectivity index (χ0v) is 13.0. The first-order chi connectivity index (χ1) is 9.58. The zero-order valence-electron chi connectivity index (χ0n) is 11.4. The molecule has 0 bridgehead atoms. The molecule has 0 saturated carbocycles. The molecule has 0 spiro atoms. The van der Waals surface area contributed by atoms with E-state index in [4.69, 9.17) is 11.6 Å². The molecule has 1 fully saturated rings. The Morgan fingerprint density at radius 3 is 2.81 bits per heavy atom. The third kappa shape index (κ3) is 4.84. The van der Waals surface area contributed by atoms with Crippen LogP contribution in [0.2, 0.25) is 5.02 Å². The maximum Gasteiger partial charge on any atom is 0.270 e. The summed E-state index contributed by atoms with van der Waals surface area (Å²) in [5, 5.41) is 14.1. The lowest BCUT2D eigenvalue weighted by Gasteiger charge is -2.20. The van der Waals surface area contributed by atoms with E-state index in [9.17, 15) is 14.9 Å². The van der Waals surface area contributed by atoms with Gasteiger partial charge in [-0.3, -0.25) is 14.9 Å². The molecular weight excluding hydrogens is 317 g/mol. The number of rotatable bonds is 3. The van der Waals surface area contributed by atoms with Gasteiger partial charge in [0.25, 0.3) is 5.69 Å². The zero-order chi connectivity index (χ0) is 14.5. The van der Waals surface area contributed by atoms with Crippen LogP contribution in [0.15, 0.2) is 18.2 Å². The van der Waals surface area contributed by atoms with Crippen LogP contribution in [0.3, 0.4) is 0 Å². The monoisotopic (exact) mass is 333 g/mol. The number of nitrogens with zero attached hydrogens (tertiary/aromatic N) is 2. The van der Waals surface area contributed by atoms with E-state index in [1.165, 1.54) is 12.1 Å². The Morgan fingerprint density at radius 1 is 1.38 bits per heavy atom. The predicted octanol–water partition coefficient (Wildman–Crippen LogP) is 2.03. The third-order valence-electron chi connectivity index (χ3n) is 3.28. The van der Waals surface area contributed by atoms with Gasteiger partial charge in [-0.05, 0) is 18.5 Å². The molecule has 0 radical (unpaired) electrons. The average Bonchev–Trinajstić information content (AvgIpc) is 2.69. The number of nitrogens with one attached hydrogen (secondary N) is 1. The molecule has 1 amide bonds. The van der Waals surface area contributed by atoms with Gasteiger partial charge in [-0.2, -0.15) is 0 Å². The highest BCUT2D eigenvalue weighted by Gasteiger charge is 2.18. The largest absolute Gasteiger partial charge is 0.341 e. The van der Waals surface area contributed by atoms with Gasteiger partial charge in [0.15, 0.2) is 0 Å². The maximum absolute atomic E-state index is 12.2.